The number of carbonyl (C=O) groups excluding carboxylic acids is 1. The molecule has 130 valence electrons. The maximum atomic E-state index is 12.7. The maximum absolute atomic E-state index is 12.7. The lowest BCUT2D eigenvalue weighted by Crippen LogP contribution is -2.35. The zero-order valence-corrected chi connectivity index (χ0v) is 14.5. The van der Waals surface area contributed by atoms with Gasteiger partial charge in [-0.25, -0.2) is 9.50 Å². The zero-order chi connectivity index (χ0) is 17.7. The first-order valence-corrected chi connectivity index (χ1v) is 8.36. The fraction of sp³-hybridized carbons (Fsp3) is 0.412. The second kappa shape index (κ2) is 5.58. The molecule has 1 atom stereocenters. The van der Waals surface area contributed by atoms with Crippen LogP contribution in [0.1, 0.15) is 51.9 Å². The Hall–Kier alpha value is -2.90. The molecule has 0 aromatic carbocycles. The van der Waals surface area contributed by atoms with E-state index in [1.807, 2.05) is 25.6 Å². The summed E-state index contributed by atoms with van der Waals surface area (Å²) >= 11 is 0. The number of fused-ring (bicyclic) bond motifs is 2. The summed E-state index contributed by atoms with van der Waals surface area (Å²) in [4.78, 5) is 29.5. The minimum atomic E-state index is -0.403. The van der Waals surface area contributed by atoms with Gasteiger partial charge in [0.1, 0.15) is 5.56 Å². The number of carbonyl (C=O) groups is 1. The Bertz CT molecular complexity index is 1040. The Morgan fingerprint density at radius 2 is 2.20 bits per heavy atom. The predicted octanol–water partition coefficient (Wildman–Crippen LogP) is 1.18. The number of aromatic amines is 1. The topological polar surface area (TPSA) is 97.1 Å². The number of hydrogen-bond donors (Lipinski definition) is 2. The van der Waals surface area contributed by atoms with Crippen LogP contribution in [-0.2, 0) is 13.5 Å². The molecule has 8 nitrogen and oxygen atoms in total. The fourth-order valence-electron chi connectivity index (χ4n) is 3.71. The normalized spacial score (nSPS) is 16.8. The van der Waals surface area contributed by atoms with Crippen LogP contribution in [0.5, 0.6) is 0 Å². The van der Waals surface area contributed by atoms with Crippen molar-refractivity contribution < 1.29 is 4.79 Å². The summed E-state index contributed by atoms with van der Waals surface area (Å²) < 4.78 is 3.18. The van der Waals surface area contributed by atoms with Gasteiger partial charge in [0, 0.05) is 36.3 Å². The molecule has 0 bridgehead atoms. The highest BCUT2D eigenvalue weighted by atomic mass is 16.2. The van der Waals surface area contributed by atoms with Crippen LogP contribution in [0.25, 0.3) is 5.65 Å². The zero-order valence-electron chi connectivity index (χ0n) is 14.5. The number of rotatable bonds is 2. The summed E-state index contributed by atoms with van der Waals surface area (Å²) in [6, 6.07) is 1.63. The van der Waals surface area contributed by atoms with Gasteiger partial charge in [0.05, 0.1) is 11.7 Å². The molecule has 4 rings (SSSR count). The monoisotopic (exact) mass is 340 g/mol. The van der Waals surface area contributed by atoms with Gasteiger partial charge in [-0.2, -0.15) is 5.10 Å². The first-order valence-electron chi connectivity index (χ1n) is 8.36. The van der Waals surface area contributed by atoms with E-state index in [9.17, 15) is 9.59 Å². The average Bonchev–Trinajstić information content (AvgIpc) is 3.08. The highest BCUT2D eigenvalue weighted by Gasteiger charge is 2.28. The molecule has 1 amide bonds. The third-order valence-corrected chi connectivity index (χ3v) is 4.82. The molecule has 3 heterocycles. The Balaban J connectivity index is 1.68. The molecular weight excluding hydrogens is 320 g/mol. The molecule has 1 unspecified atom stereocenters. The van der Waals surface area contributed by atoms with E-state index in [1.54, 1.807) is 6.07 Å². The lowest BCUT2D eigenvalue weighted by Gasteiger charge is -2.24. The van der Waals surface area contributed by atoms with Gasteiger partial charge in [0.25, 0.3) is 11.5 Å². The molecule has 3 aromatic heterocycles. The molecule has 0 spiro atoms. The van der Waals surface area contributed by atoms with Gasteiger partial charge in [-0.3, -0.25) is 19.4 Å². The van der Waals surface area contributed by atoms with Gasteiger partial charge >= 0.3 is 0 Å². The van der Waals surface area contributed by atoms with Crippen molar-refractivity contribution in [2.45, 2.75) is 39.2 Å². The Labute approximate surface area is 143 Å². The summed E-state index contributed by atoms with van der Waals surface area (Å²) in [6.07, 6.45) is 4.12. The lowest BCUT2D eigenvalue weighted by molar-refractivity contribution is 0.0930. The summed E-state index contributed by atoms with van der Waals surface area (Å²) in [6.45, 7) is 3.79. The van der Waals surface area contributed by atoms with Crippen LogP contribution in [0.3, 0.4) is 0 Å². The summed E-state index contributed by atoms with van der Waals surface area (Å²) in [7, 11) is 1.92. The third-order valence-electron chi connectivity index (χ3n) is 4.82. The summed E-state index contributed by atoms with van der Waals surface area (Å²) in [5.41, 5.74) is 4.11. The van der Waals surface area contributed by atoms with Crippen molar-refractivity contribution in [3.8, 4) is 0 Å². The molecule has 0 saturated carbocycles. The number of aryl methyl sites for hydroxylation is 3. The van der Waals surface area contributed by atoms with Crippen LogP contribution in [0.2, 0.25) is 0 Å². The molecule has 3 aromatic rings. The smallest absolute Gasteiger partial charge is 0.285 e. The second-order valence-electron chi connectivity index (χ2n) is 6.60. The maximum Gasteiger partial charge on any atom is 0.285 e. The molecule has 1 aliphatic carbocycles. The van der Waals surface area contributed by atoms with Crippen LogP contribution in [0.4, 0.5) is 0 Å². The van der Waals surface area contributed by atoms with Crippen molar-refractivity contribution in [1.29, 1.82) is 0 Å². The van der Waals surface area contributed by atoms with Crippen molar-refractivity contribution in [3.63, 3.8) is 0 Å². The predicted molar refractivity (Wildman–Crippen MR) is 91.6 cm³/mol. The van der Waals surface area contributed by atoms with E-state index in [-0.39, 0.29) is 11.6 Å². The molecule has 1 aliphatic rings. The van der Waals surface area contributed by atoms with Crippen LogP contribution in [-0.4, -0.2) is 30.3 Å². The Kier molecular flexibility index (Phi) is 3.48. The molecule has 2 N–H and O–H groups in total. The average molecular weight is 340 g/mol. The van der Waals surface area contributed by atoms with E-state index in [1.165, 1.54) is 10.7 Å². The van der Waals surface area contributed by atoms with Crippen molar-refractivity contribution in [1.82, 2.24) is 29.7 Å². The first kappa shape index (κ1) is 15.6. The Morgan fingerprint density at radius 3 is 3.00 bits per heavy atom. The molecule has 0 aliphatic heterocycles. The van der Waals surface area contributed by atoms with Crippen LogP contribution >= 0.6 is 0 Å². The number of nitrogens with zero attached hydrogens (tertiary/aromatic N) is 4. The first-order chi connectivity index (χ1) is 12.0. The van der Waals surface area contributed by atoms with E-state index < -0.39 is 11.5 Å². The second-order valence-corrected chi connectivity index (χ2v) is 6.60. The number of hydrogen-bond acceptors (Lipinski definition) is 4. The van der Waals surface area contributed by atoms with Gasteiger partial charge in [-0.05, 0) is 33.1 Å². The lowest BCUT2D eigenvalue weighted by atomic mass is 9.91. The van der Waals surface area contributed by atoms with E-state index in [0.717, 1.165) is 41.9 Å². The fourth-order valence-corrected chi connectivity index (χ4v) is 3.71. The Morgan fingerprint density at radius 1 is 1.40 bits per heavy atom. The van der Waals surface area contributed by atoms with E-state index in [4.69, 9.17) is 0 Å². The molecular formula is C17H20N6O2. The van der Waals surface area contributed by atoms with Crippen molar-refractivity contribution in [3.05, 3.63) is 50.8 Å². The van der Waals surface area contributed by atoms with Crippen LogP contribution in [0.15, 0.2) is 17.1 Å². The van der Waals surface area contributed by atoms with Crippen molar-refractivity contribution >= 4 is 11.6 Å². The standard InChI is InChI=1S/C17H20N6O2/c1-9-7-14-18-8-11(17(25)23(14)20-9)16(24)19-12-5-4-6-13-15(12)10(2)21-22(13)3/h7-8,12,20H,4-6H2,1-3H3,(H,19,24). The third kappa shape index (κ3) is 2.45. The van der Waals surface area contributed by atoms with E-state index in [2.05, 4.69) is 20.5 Å². The van der Waals surface area contributed by atoms with Gasteiger partial charge < -0.3 is 5.32 Å². The van der Waals surface area contributed by atoms with Gasteiger partial charge in [0.2, 0.25) is 0 Å². The van der Waals surface area contributed by atoms with E-state index in [0.29, 0.717) is 5.65 Å². The van der Waals surface area contributed by atoms with Crippen molar-refractivity contribution in [2.24, 2.45) is 7.05 Å². The number of aromatic nitrogens is 5. The minimum absolute atomic E-state index is 0.0352. The number of H-pyrrole nitrogens is 1. The van der Waals surface area contributed by atoms with Crippen LogP contribution in [0, 0.1) is 13.8 Å². The molecule has 0 radical (unpaired) electrons. The SMILES string of the molecule is Cc1cc2ncc(C(=O)NC3CCCc4c3c(C)nn4C)c(=O)n2[nH]1. The molecule has 8 heteroatoms. The number of nitrogens with one attached hydrogen (secondary N) is 2. The number of amides is 1. The summed E-state index contributed by atoms with van der Waals surface area (Å²) in [5, 5.41) is 10.4. The highest BCUT2D eigenvalue weighted by Crippen LogP contribution is 2.31. The largest absolute Gasteiger partial charge is 0.345 e. The van der Waals surface area contributed by atoms with Crippen LogP contribution < -0.4 is 10.9 Å². The van der Waals surface area contributed by atoms with Gasteiger partial charge in [0.15, 0.2) is 5.65 Å². The molecule has 0 saturated heterocycles. The van der Waals surface area contributed by atoms with Gasteiger partial charge in [-0.15, -0.1) is 0 Å². The highest BCUT2D eigenvalue weighted by molar-refractivity contribution is 5.94. The summed E-state index contributed by atoms with van der Waals surface area (Å²) in [5.74, 6) is -0.403. The molecule has 0 fully saturated rings. The van der Waals surface area contributed by atoms with Gasteiger partial charge in [-0.1, -0.05) is 0 Å². The minimum Gasteiger partial charge on any atom is -0.345 e. The van der Waals surface area contributed by atoms with Crippen molar-refractivity contribution in [2.75, 3.05) is 0 Å². The van der Waals surface area contributed by atoms with E-state index >= 15 is 0 Å². The molecule has 25 heavy (non-hydrogen) atoms. The quantitative estimate of drug-likeness (QED) is 0.732.